The van der Waals surface area contributed by atoms with Crippen molar-refractivity contribution in [2.75, 3.05) is 0 Å². The number of allylic oxidation sites excluding steroid dienone is 5. The predicted molar refractivity (Wildman–Crippen MR) is 117 cm³/mol. The number of ether oxygens (including phenoxy) is 1. The van der Waals surface area contributed by atoms with E-state index in [9.17, 15) is 4.79 Å². The van der Waals surface area contributed by atoms with E-state index >= 15 is 0 Å². The summed E-state index contributed by atoms with van der Waals surface area (Å²) in [6.45, 7) is 8.19. The Balaban J connectivity index is 1.60. The van der Waals surface area contributed by atoms with Crippen LogP contribution in [0, 0.1) is 0 Å². The van der Waals surface area contributed by atoms with Crippen LogP contribution in [0.4, 0.5) is 0 Å². The maximum atomic E-state index is 10.8. The molecule has 2 unspecified atom stereocenters. The van der Waals surface area contributed by atoms with Gasteiger partial charge in [0.1, 0.15) is 0 Å². The maximum absolute atomic E-state index is 10.8. The Hall–Kier alpha value is -2.07. The smallest absolute Gasteiger partial charge is 0.330 e. The summed E-state index contributed by atoms with van der Waals surface area (Å²) in [5, 5.41) is 8.90. The molecule has 1 aromatic heterocycles. The molecule has 0 spiro atoms. The van der Waals surface area contributed by atoms with Gasteiger partial charge in [0.2, 0.25) is 0 Å². The first-order valence-corrected chi connectivity index (χ1v) is 10.7. The molecule has 1 aromatic rings. The number of furan rings is 1. The summed E-state index contributed by atoms with van der Waals surface area (Å²) in [5.41, 5.74) is 4.46. The zero-order valence-electron chi connectivity index (χ0n) is 18.4. The molecular weight excluding hydrogens is 364 g/mol. The highest BCUT2D eigenvalue weighted by Gasteiger charge is 2.50. The van der Waals surface area contributed by atoms with Crippen LogP contribution < -0.4 is 0 Å². The van der Waals surface area contributed by atoms with E-state index in [-0.39, 0.29) is 5.60 Å². The third-order valence-corrected chi connectivity index (χ3v) is 5.80. The van der Waals surface area contributed by atoms with Crippen molar-refractivity contribution >= 4 is 5.97 Å². The predicted octanol–water partition coefficient (Wildman–Crippen LogP) is 6.63. The van der Waals surface area contributed by atoms with Crippen LogP contribution in [0.5, 0.6) is 0 Å². The van der Waals surface area contributed by atoms with Crippen molar-refractivity contribution in [2.24, 2.45) is 0 Å². The quantitative estimate of drug-likeness (QED) is 0.229. The lowest BCUT2D eigenvalue weighted by molar-refractivity contribution is -0.132. The van der Waals surface area contributed by atoms with Crippen molar-refractivity contribution in [3.05, 3.63) is 59.1 Å². The number of carboxylic acid groups (broad SMARTS) is 1. The van der Waals surface area contributed by atoms with Crippen LogP contribution in [0.25, 0.3) is 0 Å². The summed E-state index contributed by atoms with van der Waals surface area (Å²) in [5.74, 6) is -0.841. The van der Waals surface area contributed by atoms with Gasteiger partial charge in [-0.2, -0.15) is 0 Å². The van der Waals surface area contributed by atoms with Gasteiger partial charge in [-0.15, -0.1) is 0 Å². The van der Waals surface area contributed by atoms with E-state index in [0.717, 1.165) is 51.4 Å². The van der Waals surface area contributed by atoms with Gasteiger partial charge in [-0.05, 0) is 90.7 Å². The highest BCUT2D eigenvalue weighted by atomic mass is 16.6. The lowest BCUT2D eigenvalue weighted by Crippen LogP contribution is -2.09. The monoisotopic (exact) mass is 400 g/mol. The Morgan fingerprint density at radius 3 is 2.52 bits per heavy atom. The number of aryl methyl sites for hydroxylation is 1. The van der Waals surface area contributed by atoms with Crippen LogP contribution in [0.15, 0.2) is 58.0 Å². The molecule has 1 saturated heterocycles. The number of hydrogen-bond acceptors (Lipinski definition) is 3. The molecule has 160 valence electrons. The molecule has 0 saturated carbocycles. The van der Waals surface area contributed by atoms with Crippen LogP contribution in [-0.4, -0.2) is 22.8 Å². The van der Waals surface area contributed by atoms with Crippen molar-refractivity contribution < 1.29 is 19.1 Å². The van der Waals surface area contributed by atoms with Crippen LogP contribution in [0.2, 0.25) is 0 Å². The third kappa shape index (κ3) is 8.45. The van der Waals surface area contributed by atoms with Gasteiger partial charge in [-0.1, -0.05) is 29.4 Å². The van der Waals surface area contributed by atoms with Crippen LogP contribution in [0.3, 0.4) is 0 Å². The Bertz CT molecular complexity index is 739. The number of rotatable bonds is 13. The van der Waals surface area contributed by atoms with Crippen LogP contribution in [-0.2, 0) is 16.0 Å². The minimum absolute atomic E-state index is 0.0795. The van der Waals surface area contributed by atoms with Gasteiger partial charge in [-0.3, -0.25) is 0 Å². The summed E-state index contributed by atoms with van der Waals surface area (Å²) in [7, 11) is 0. The lowest BCUT2D eigenvalue weighted by atomic mass is 9.96. The van der Waals surface area contributed by atoms with Crippen molar-refractivity contribution in [1.29, 1.82) is 0 Å². The van der Waals surface area contributed by atoms with Gasteiger partial charge in [0.05, 0.1) is 24.2 Å². The normalized spacial score (nSPS) is 22.8. The molecule has 0 radical (unpaired) electrons. The second kappa shape index (κ2) is 11.2. The highest BCUT2D eigenvalue weighted by Crippen LogP contribution is 2.43. The van der Waals surface area contributed by atoms with Crippen molar-refractivity contribution in [2.45, 2.75) is 90.8 Å². The summed E-state index contributed by atoms with van der Waals surface area (Å²) in [6.07, 6.45) is 18.4. The van der Waals surface area contributed by atoms with E-state index in [1.165, 1.54) is 16.7 Å². The standard InChI is InChI=1S/C25H36O4/c1-19(10-6-12-22-15-17-28-18-22)8-5-9-20(2)13-14-23-25(4,29-23)16-7-11-21(3)24(26)27/h9-11,15,17-18,23H,5-8,12-14,16H2,1-4H3,(H,26,27). The molecule has 1 aliphatic rings. The Kier molecular flexibility index (Phi) is 8.97. The second-order valence-electron chi connectivity index (χ2n) is 8.50. The molecular formula is C25H36O4. The Morgan fingerprint density at radius 2 is 1.83 bits per heavy atom. The molecule has 1 N–H and O–H groups in total. The van der Waals surface area contributed by atoms with E-state index in [1.807, 2.05) is 12.3 Å². The number of carboxylic acids is 1. The zero-order valence-corrected chi connectivity index (χ0v) is 18.4. The fourth-order valence-electron chi connectivity index (χ4n) is 3.57. The van der Waals surface area contributed by atoms with Gasteiger partial charge in [-0.25, -0.2) is 4.79 Å². The van der Waals surface area contributed by atoms with Gasteiger partial charge in [0, 0.05) is 5.57 Å². The lowest BCUT2D eigenvalue weighted by Gasteiger charge is -2.05. The molecule has 4 heteroatoms. The molecule has 29 heavy (non-hydrogen) atoms. The zero-order chi connectivity index (χ0) is 21.3. The number of aliphatic carboxylic acids is 1. The minimum Gasteiger partial charge on any atom is -0.478 e. The van der Waals surface area contributed by atoms with Crippen LogP contribution in [0.1, 0.15) is 78.2 Å². The molecule has 4 nitrogen and oxygen atoms in total. The van der Waals surface area contributed by atoms with Gasteiger partial charge in [0.15, 0.2) is 0 Å². The summed E-state index contributed by atoms with van der Waals surface area (Å²) >= 11 is 0. The summed E-state index contributed by atoms with van der Waals surface area (Å²) in [4.78, 5) is 10.8. The molecule has 0 aliphatic carbocycles. The third-order valence-electron chi connectivity index (χ3n) is 5.80. The molecule has 2 atom stereocenters. The largest absolute Gasteiger partial charge is 0.478 e. The van der Waals surface area contributed by atoms with Crippen molar-refractivity contribution in [3.63, 3.8) is 0 Å². The topological polar surface area (TPSA) is 63.0 Å². The minimum atomic E-state index is -0.841. The molecule has 2 heterocycles. The van der Waals surface area contributed by atoms with E-state index in [0.29, 0.717) is 11.7 Å². The fourth-order valence-corrected chi connectivity index (χ4v) is 3.57. The average Bonchev–Trinajstić information content (AvgIpc) is 3.04. The van der Waals surface area contributed by atoms with E-state index < -0.39 is 5.97 Å². The first-order valence-electron chi connectivity index (χ1n) is 10.7. The Labute approximate surface area is 175 Å². The van der Waals surface area contributed by atoms with E-state index in [2.05, 4.69) is 32.9 Å². The summed E-state index contributed by atoms with van der Waals surface area (Å²) < 4.78 is 11.0. The van der Waals surface area contributed by atoms with Crippen LogP contribution >= 0.6 is 0 Å². The number of carbonyl (C=O) groups is 1. The molecule has 1 fully saturated rings. The first kappa shape index (κ1) is 23.2. The Morgan fingerprint density at radius 1 is 1.10 bits per heavy atom. The van der Waals surface area contributed by atoms with Crippen molar-refractivity contribution in [3.8, 4) is 0 Å². The molecule has 2 rings (SSSR count). The van der Waals surface area contributed by atoms with Gasteiger partial charge >= 0.3 is 5.97 Å². The maximum Gasteiger partial charge on any atom is 0.330 e. The van der Waals surface area contributed by atoms with Gasteiger partial charge < -0.3 is 14.3 Å². The fraction of sp³-hybridized carbons (Fsp3) is 0.560. The molecule has 1 aliphatic heterocycles. The highest BCUT2D eigenvalue weighted by molar-refractivity contribution is 5.85. The summed E-state index contributed by atoms with van der Waals surface area (Å²) in [6, 6.07) is 2.03. The average molecular weight is 401 g/mol. The molecule has 0 aromatic carbocycles. The number of epoxide rings is 1. The SMILES string of the molecule is CC(=CCCc1ccoc1)CCC=C(C)CCC1OC1(C)CCC=C(C)C(=O)O. The van der Waals surface area contributed by atoms with Gasteiger partial charge in [0.25, 0.3) is 0 Å². The number of hydrogen-bond donors (Lipinski definition) is 1. The van der Waals surface area contributed by atoms with Crippen molar-refractivity contribution in [1.82, 2.24) is 0 Å². The van der Waals surface area contributed by atoms with E-state index in [4.69, 9.17) is 14.3 Å². The molecule has 0 bridgehead atoms. The van der Waals surface area contributed by atoms with E-state index in [1.54, 1.807) is 19.3 Å². The first-order chi connectivity index (χ1) is 13.8. The molecule has 0 amide bonds. The second-order valence-corrected chi connectivity index (χ2v) is 8.50.